The highest BCUT2D eigenvalue weighted by Gasteiger charge is 2.35. The van der Waals surface area contributed by atoms with Crippen molar-refractivity contribution in [2.75, 3.05) is 7.11 Å². The van der Waals surface area contributed by atoms with Crippen molar-refractivity contribution in [3.63, 3.8) is 0 Å². The molecule has 1 aliphatic rings. The molecule has 2 heteroatoms. The standard InChI is InChI=1S/C13H18O2/c1-13(8-7-11(14)9-13)10-3-5-12(15-2)6-4-10/h3-6,11,14H,7-9H2,1-2H3. The van der Waals surface area contributed by atoms with Crippen molar-refractivity contribution >= 4 is 0 Å². The number of rotatable bonds is 2. The summed E-state index contributed by atoms with van der Waals surface area (Å²) in [6, 6.07) is 8.20. The highest BCUT2D eigenvalue weighted by Crippen LogP contribution is 2.41. The van der Waals surface area contributed by atoms with Crippen LogP contribution in [-0.2, 0) is 5.41 Å². The zero-order valence-corrected chi connectivity index (χ0v) is 9.36. The summed E-state index contributed by atoms with van der Waals surface area (Å²) >= 11 is 0. The molecule has 0 bridgehead atoms. The summed E-state index contributed by atoms with van der Waals surface area (Å²) in [4.78, 5) is 0. The molecule has 0 saturated heterocycles. The van der Waals surface area contributed by atoms with E-state index in [-0.39, 0.29) is 11.5 Å². The van der Waals surface area contributed by atoms with Crippen LogP contribution in [-0.4, -0.2) is 18.3 Å². The van der Waals surface area contributed by atoms with E-state index in [2.05, 4.69) is 19.1 Å². The van der Waals surface area contributed by atoms with Crippen LogP contribution in [0.2, 0.25) is 0 Å². The summed E-state index contributed by atoms with van der Waals surface area (Å²) in [5.74, 6) is 0.890. The zero-order valence-electron chi connectivity index (χ0n) is 9.36. The highest BCUT2D eigenvalue weighted by molar-refractivity contribution is 5.32. The van der Waals surface area contributed by atoms with Crippen LogP contribution in [0.5, 0.6) is 5.75 Å². The Morgan fingerprint density at radius 2 is 2.00 bits per heavy atom. The van der Waals surface area contributed by atoms with Crippen molar-refractivity contribution in [3.8, 4) is 5.75 Å². The molecule has 0 amide bonds. The fourth-order valence-corrected chi connectivity index (χ4v) is 2.46. The Morgan fingerprint density at radius 3 is 2.47 bits per heavy atom. The first kappa shape index (κ1) is 10.5. The highest BCUT2D eigenvalue weighted by atomic mass is 16.5. The molecule has 2 rings (SSSR count). The molecule has 0 heterocycles. The molecular formula is C13H18O2. The van der Waals surface area contributed by atoms with Gasteiger partial charge >= 0.3 is 0 Å². The molecule has 0 aromatic heterocycles. The molecule has 0 spiro atoms. The summed E-state index contributed by atoms with van der Waals surface area (Å²) < 4.78 is 5.14. The van der Waals surface area contributed by atoms with E-state index in [1.807, 2.05) is 12.1 Å². The van der Waals surface area contributed by atoms with E-state index in [1.54, 1.807) is 7.11 Å². The fourth-order valence-electron chi connectivity index (χ4n) is 2.46. The van der Waals surface area contributed by atoms with Crippen LogP contribution in [0.25, 0.3) is 0 Å². The Labute approximate surface area is 90.9 Å². The predicted molar refractivity (Wildman–Crippen MR) is 60.2 cm³/mol. The van der Waals surface area contributed by atoms with Crippen LogP contribution in [0.4, 0.5) is 0 Å². The molecule has 1 aromatic rings. The second-order valence-corrected chi connectivity index (χ2v) is 4.69. The fraction of sp³-hybridized carbons (Fsp3) is 0.538. The summed E-state index contributed by atoms with van der Waals surface area (Å²) in [5.41, 5.74) is 1.45. The maximum atomic E-state index is 9.60. The van der Waals surface area contributed by atoms with Gasteiger partial charge in [-0.1, -0.05) is 19.1 Å². The number of hydrogen-bond donors (Lipinski definition) is 1. The third-order valence-corrected chi connectivity index (χ3v) is 3.50. The van der Waals surface area contributed by atoms with Crippen LogP contribution >= 0.6 is 0 Å². The SMILES string of the molecule is COc1ccc(C2(C)CCC(O)C2)cc1. The van der Waals surface area contributed by atoms with Gasteiger partial charge in [0.05, 0.1) is 13.2 Å². The van der Waals surface area contributed by atoms with Crippen LogP contribution in [0.15, 0.2) is 24.3 Å². The molecule has 1 aromatic carbocycles. The number of benzene rings is 1. The van der Waals surface area contributed by atoms with Crippen LogP contribution in [0.3, 0.4) is 0 Å². The Balaban J connectivity index is 2.22. The first-order valence-corrected chi connectivity index (χ1v) is 5.47. The van der Waals surface area contributed by atoms with Crippen molar-refractivity contribution in [1.29, 1.82) is 0 Å². The molecule has 2 atom stereocenters. The van der Waals surface area contributed by atoms with Gasteiger partial charge < -0.3 is 9.84 Å². The minimum atomic E-state index is -0.128. The molecule has 1 N–H and O–H groups in total. The smallest absolute Gasteiger partial charge is 0.118 e. The van der Waals surface area contributed by atoms with Gasteiger partial charge in [-0.05, 0) is 42.4 Å². The van der Waals surface area contributed by atoms with Crippen LogP contribution < -0.4 is 4.74 Å². The number of hydrogen-bond acceptors (Lipinski definition) is 2. The van der Waals surface area contributed by atoms with Gasteiger partial charge in [0.25, 0.3) is 0 Å². The second kappa shape index (κ2) is 3.86. The summed E-state index contributed by atoms with van der Waals surface area (Å²) in [5, 5.41) is 9.60. The lowest BCUT2D eigenvalue weighted by Gasteiger charge is -2.24. The first-order chi connectivity index (χ1) is 7.14. The van der Waals surface area contributed by atoms with Gasteiger partial charge in [0.2, 0.25) is 0 Å². The average Bonchev–Trinajstić information content (AvgIpc) is 2.60. The summed E-state index contributed by atoms with van der Waals surface area (Å²) in [7, 11) is 1.68. The maximum absolute atomic E-state index is 9.60. The second-order valence-electron chi connectivity index (χ2n) is 4.69. The molecule has 2 unspecified atom stereocenters. The maximum Gasteiger partial charge on any atom is 0.118 e. The lowest BCUT2D eigenvalue weighted by molar-refractivity contribution is 0.175. The number of aliphatic hydroxyl groups excluding tert-OH is 1. The lowest BCUT2D eigenvalue weighted by atomic mass is 9.81. The van der Waals surface area contributed by atoms with Gasteiger partial charge in [0.1, 0.15) is 5.75 Å². The number of methoxy groups -OCH3 is 1. The zero-order chi connectivity index (χ0) is 10.9. The minimum absolute atomic E-state index is 0.128. The van der Waals surface area contributed by atoms with E-state index in [0.29, 0.717) is 0 Å². The van der Waals surface area contributed by atoms with E-state index >= 15 is 0 Å². The topological polar surface area (TPSA) is 29.5 Å². The average molecular weight is 206 g/mol. The Hall–Kier alpha value is -1.02. The van der Waals surface area contributed by atoms with Gasteiger partial charge in [0.15, 0.2) is 0 Å². The summed E-state index contributed by atoms with van der Waals surface area (Å²) in [6.45, 7) is 2.23. The van der Waals surface area contributed by atoms with Crippen molar-refractivity contribution in [1.82, 2.24) is 0 Å². The number of ether oxygens (including phenoxy) is 1. The molecule has 2 nitrogen and oxygen atoms in total. The van der Waals surface area contributed by atoms with Crippen molar-refractivity contribution in [2.45, 2.75) is 37.7 Å². The van der Waals surface area contributed by atoms with Gasteiger partial charge in [0, 0.05) is 0 Å². The van der Waals surface area contributed by atoms with Gasteiger partial charge in [-0.3, -0.25) is 0 Å². The van der Waals surface area contributed by atoms with Crippen molar-refractivity contribution < 1.29 is 9.84 Å². The molecule has 82 valence electrons. The van der Waals surface area contributed by atoms with E-state index in [9.17, 15) is 5.11 Å². The molecular weight excluding hydrogens is 188 g/mol. The summed E-state index contributed by atoms with van der Waals surface area (Å²) in [6.07, 6.45) is 2.74. The normalized spacial score (nSPS) is 30.5. The van der Waals surface area contributed by atoms with Crippen molar-refractivity contribution in [3.05, 3.63) is 29.8 Å². The molecule has 15 heavy (non-hydrogen) atoms. The Morgan fingerprint density at radius 1 is 1.33 bits per heavy atom. The molecule has 1 fully saturated rings. The molecule has 1 aliphatic carbocycles. The van der Waals surface area contributed by atoms with E-state index in [1.165, 1.54) is 5.56 Å². The largest absolute Gasteiger partial charge is 0.497 e. The Bertz CT molecular complexity index is 331. The van der Waals surface area contributed by atoms with Gasteiger partial charge in [-0.25, -0.2) is 0 Å². The molecule has 1 saturated carbocycles. The molecule has 0 radical (unpaired) electrons. The Kier molecular flexibility index (Phi) is 2.70. The quantitative estimate of drug-likeness (QED) is 0.805. The lowest BCUT2D eigenvalue weighted by Crippen LogP contribution is -2.18. The van der Waals surface area contributed by atoms with Gasteiger partial charge in [-0.15, -0.1) is 0 Å². The van der Waals surface area contributed by atoms with Crippen LogP contribution in [0.1, 0.15) is 31.7 Å². The van der Waals surface area contributed by atoms with Crippen LogP contribution in [0, 0.1) is 0 Å². The van der Waals surface area contributed by atoms with E-state index in [0.717, 1.165) is 25.0 Å². The van der Waals surface area contributed by atoms with E-state index < -0.39 is 0 Å². The minimum Gasteiger partial charge on any atom is -0.497 e. The predicted octanol–water partition coefficient (Wildman–Crippen LogP) is 2.50. The number of aliphatic hydroxyl groups is 1. The monoisotopic (exact) mass is 206 g/mol. The third kappa shape index (κ3) is 2.00. The van der Waals surface area contributed by atoms with Gasteiger partial charge in [-0.2, -0.15) is 0 Å². The molecule has 0 aliphatic heterocycles. The van der Waals surface area contributed by atoms with Crippen molar-refractivity contribution in [2.24, 2.45) is 0 Å². The first-order valence-electron chi connectivity index (χ1n) is 5.47. The third-order valence-electron chi connectivity index (χ3n) is 3.50. The van der Waals surface area contributed by atoms with E-state index in [4.69, 9.17) is 4.74 Å².